The first-order valence-corrected chi connectivity index (χ1v) is 9.93. The number of fused-ring (bicyclic) bond motifs is 1. The molecule has 4 heterocycles. The van der Waals surface area contributed by atoms with Gasteiger partial charge < -0.3 is 10.3 Å². The second kappa shape index (κ2) is 8.17. The lowest BCUT2D eigenvalue weighted by molar-refractivity contribution is -0.144. The van der Waals surface area contributed by atoms with Crippen molar-refractivity contribution in [1.29, 1.82) is 5.26 Å². The van der Waals surface area contributed by atoms with Gasteiger partial charge in [0.1, 0.15) is 28.9 Å². The molecule has 0 aliphatic carbocycles. The van der Waals surface area contributed by atoms with Gasteiger partial charge in [-0.15, -0.1) is 5.10 Å². The zero-order valence-corrected chi connectivity index (χ0v) is 17.5. The largest absolute Gasteiger partial charge is 0.451 e. The molecule has 0 radical (unpaired) electrons. The van der Waals surface area contributed by atoms with E-state index in [2.05, 4.69) is 25.2 Å². The Morgan fingerprint density at radius 2 is 1.86 bits per heavy atom. The van der Waals surface area contributed by atoms with Gasteiger partial charge in [-0.1, -0.05) is 17.3 Å². The summed E-state index contributed by atoms with van der Waals surface area (Å²) in [4.78, 5) is 10.7. The van der Waals surface area contributed by atoms with E-state index in [4.69, 9.17) is 10.3 Å². The molecule has 9 nitrogen and oxygen atoms in total. The van der Waals surface area contributed by atoms with E-state index in [-0.39, 0.29) is 40.4 Å². The number of nitrogen functional groups attached to an aromatic ring is 1. The van der Waals surface area contributed by atoms with Crippen molar-refractivity contribution in [1.82, 2.24) is 29.7 Å². The Bertz CT molecular complexity index is 1600. The summed E-state index contributed by atoms with van der Waals surface area (Å²) in [6.07, 6.45) is -2.79. The fraction of sp³-hybridized carbons (Fsp3) is 0.0909. The lowest BCUT2D eigenvalue weighted by atomic mass is 10.1. The summed E-state index contributed by atoms with van der Waals surface area (Å²) >= 11 is 0. The van der Waals surface area contributed by atoms with Crippen LogP contribution in [-0.4, -0.2) is 29.7 Å². The monoisotopic (exact) mass is 480 g/mol. The number of nitrogens with zero attached hydrogens (tertiary/aromatic N) is 7. The maximum absolute atomic E-state index is 14.1. The van der Waals surface area contributed by atoms with Crippen LogP contribution >= 0.6 is 0 Å². The standard InChI is InChI=1S/C22H12F4N8O/c23-15-4-2-1-3-14(15)16-6-13(35-33-16)7-17-11(8-27)5-18-19(28)31-20(32-34(17)18)12-9-29-21(30-10-12)22(24,25)26/h1-6,9-10H,7H2,(H2,28,31,32). The van der Waals surface area contributed by atoms with E-state index in [0.717, 1.165) is 12.4 Å². The Hall–Kier alpha value is -4.86. The molecule has 35 heavy (non-hydrogen) atoms. The topological polar surface area (TPSA) is 132 Å². The van der Waals surface area contributed by atoms with Gasteiger partial charge in [-0.25, -0.2) is 23.9 Å². The highest BCUT2D eigenvalue weighted by Gasteiger charge is 2.34. The van der Waals surface area contributed by atoms with Crippen LogP contribution in [-0.2, 0) is 12.6 Å². The zero-order valence-electron chi connectivity index (χ0n) is 17.5. The molecule has 0 spiro atoms. The summed E-state index contributed by atoms with van der Waals surface area (Å²) in [6, 6.07) is 11.1. The molecule has 174 valence electrons. The first kappa shape index (κ1) is 22.0. The van der Waals surface area contributed by atoms with E-state index in [1.165, 1.54) is 22.7 Å². The van der Waals surface area contributed by atoms with Gasteiger partial charge in [-0.2, -0.15) is 18.4 Å². The molecule has 2 N–H and O–H groups in total. The Morgan fingerprint density at radius 3 is 2.54 bits per heavy atom. The van der Waals surface area contributed by atoms with Crippen LogP contribution < -0.4 is 5.73 Å². The molecule has 0 saturated heterocycles. The Morgan fingerprint density at radius 1 is 1.11 bits per heavy atom. The van der Waals surface area contributed by atoms with Crippen molar-refractivity contribution in [2.45, 2.75) is 12.6 Å². The predicted octanol–water partition coefficient (Wildman–Crippen LogP) is 4.04. The summed E-state index contributed by atoms with van der Waals surface area (Å²) in [5, 5.41) is 17.9. The van der Waals surface area contributed by atoms with Gasteiger partial charge in [-0.05, 0) is 18.2 Å². The minimum Gasteiger partial charge on any atom is -0.382 e. The van der Waals surface area contributed by atoms with Crippen LogP contribution in [0.3, 0.4) is 0 Å². The molecule has 0 aliphatic rings. The minimum absolute atomic E-state index is 0.0118. The fourth-order valence-corrected chi connectivity index (χ4v) is 3.46. The average molecular weight is 480 g/mol. The third-order valence-electron chi connectivity index (χ3n) is 5.09. The highest BCUT2D eigenvalue weighted by atomic mass is 19.4. The highest BCUT2D eigenvalue weighted by Crippen LogP contribution is 2.29. The number of alkyl halides is 3. The molecule has 0 unspecified atom stereocenters. The second-order valence-electron chi connectivity index (χ2n) is 7.36. The van der Waals surface area contributed by atoms with Crippen LogP contribution in [0.15, 0.2) is 53.3 Å². The number of benzene rings is 1. The molecule has 5 rings (SSSR count). The number of nitrogens with two attached hydrogens (primary N) is 1. The molecule has 1 aromatic carbocycles. The van der Waals surface area contributed by atoms with Crippen molar-refractivity contribution in [2.24, 2.45) is 0 Å². The fourth-order valence-electron chi connectivity index (χ4n) is 3.46. The number of hydrogen-bond acceptors (Lipinski definition) is 8. The minimum atomic E-state index is -4.70. The summed E-state index contributed by atoms with van der Waals surface area (Å²) < 4.78 is 59.1. The molecule has 0 atom stereocenters. The number of anilines is 1. The molecule has 0 amide bonds. The van der Waals surface area contributed by atoms with Crippen LogP contribution in [0.25, 0.3) is 28.2 Å². The van der Waals surface area contributed by atoms with E-state index < -0.39 is 17.8 Å². The zero-order chi connectivity index (χ0) is 24.7. The van der Waals surface area contributed by atoms with Crippen molar-refractivity contribution < 1.29 is 22.1 Å². The first-order valence-electron chi connectivity index (χ1n) is 9.93. The predicted molar refractivity (Wildman–Crippen MR) is 113 cm³/mol. The Labute approximate surface area is 193 Å². The summed E-state index contributed by atoms with van der Waals surface area (Å²) in [7, 11) is 0. The second-order valence-corrected chi connectivity index (χ2v) is 7.36. The number of hydrogen-bond donors (Lipinski definition) is 1. The van der Waals surface area contributed by atoms with E-state index in [0.29, 0.717) is 17.0 Å². The number of aromatic nitrogens is 6. The summed E-state index contributed by atoms with van der Waals surface area (Å²) in [5.74, 6) is -1.52. The lowest BCUT2D eigenvalue weighted by Crippen LogP contribution is -2.11. The maximum atomic E-state index is 14.1. The number of nitriles is 1. The van der Waals surface area contributed by atoms with Crippen LogP contribution in [0.1, 0.15) is 22.8 Å². The average Bonchev–Trinajstić information content (AvgIpc) is 3.44. The lowest BCUT2D eigenvalue weighted by Gasteiger charge is -2.07. The van der Waals surface area contributed by atoms with Crippen molar-refractivity contribution in [3.05, 3.63) is 77.5 Å². The van der Waals surface area contributed by atoms with Crippen LogP contribution in [0.2, 0.25) is 0 Å². The molecule has 0 saturated carbocycles. The summed E-state index contributed by atoms with van der Waals surface area (Å²) in [6.45, 7) is 0. The quantitative estimate of drug-likeness (QED) is 0.381. The molecule has 0 bridgehead atoms. The van der Waals surface area contributed by atoms with Gasteiger partial charge >= 0.3 is 6.18 Å². The van der Waals surface area contributed by atoms with Crippen LogP contribution in [0, 0.1) is 17.1 Å². The van der Waals surface area contributed by atoms with Crippen molar-refractivity contribution in [3.63, 3.8) is 0 Å². The number of halogens is 4. The molecule has 13 heteroatoms. The van der Waals surface area contributed by atoms with Crippen LogP contribution in [0.4, 0.5) is 23.4 Å². The maximum Gasteiger partial charge on any atom is 0.451 e. The van der Waals surface area contributed by atoms with Crippen molar-refractivity contribution >= 4 is 11.3 Å². The van der Waals surface area contributed by atoms with Crippen molar-refractivity contribution in [3.8, 4) is 28.7 Å². The van der Waals surface area contributed by atoms with E-state index in [1.807, 2.05) is 6.07 Å². The van der Waals surface area contributed by atoms with Gasteiger partial charge in [0.05, 0.1) is 23.2 Å². The molecular formula is C22H12F4N8O. The number of rotatable bonds is 4. The van der Waals surface area contributed by atoms with E-state index >= 15 is 0 Å². The van der Waals surface area contributed by atoms with E-state index in [9.17, 15) is 22.8 Å². The van der Waals surface area contributed by atoms with Crippen molar-refractivity contribution in [2.75, 3.05) is 5.73 Å². The highest BCUT2D eigenvalue weighted by molar-refractivity contribution is 5.71. The Kier molecular flexibility index (Phi) is 5.13. The van der Waals surface area contributed by atoms with Gasteiger partial charge in [0.2, 0.25) is 5.82 Å². The molecular weight excluding hydrogens is 468 g/mol. The SMILES string of the molecule is N#Cc1cc2c(N)nc(-c3cnc(C(F)(F)F)nc3)nn2c1Cc1cc(-c2ccccc2F)no1. The normalized spacial score (nSPS) is 11.6. The molecule has 5 aromatic rings. The van der Waals surface area contributed by atoms with Gasteiger partial charge in [0, 0.05) is 24.0 Å². The Balaban J connectivity index is 1.55. The molecule has 0 fully saturated rings. The molecule has 0 aliphatic heterocycles. The smallest absolute Gasteiger partial charge is 0.382 e. The molecule has 4 aromatic heterocycles. The third kappa shape index (κ3) is 4.01. The van der Waals surface area contributed by atoms with Gasteiger partial charge in [0.25, 0.3) is 0 Å². The third-order valence-corrected chi connectivity index (χ3v) is 5.09. The van der Waals surface area contributed by atoms with Gasteiger partial charge in [0.15, 0.2) is 11.6 Å². The first-order chi connectivity index (χ1) is 16.7. The van der Waals surface area contributed by atoms with Crippen LogP contribution in [0.5, 0.6) is 0 Å². The summed E-state index contributed by atoms with van der Waals surface area (Å²) in [5.41, 5.74) is 7.54. The van der Waals surface area contributed by atoms with E-state index in [1.54, 1.807) is 18.2 Å². The van der Waals surface area contributed by atoms with Gasteiger partial charge in [-0.3, -0.25) is 0 Å².